The first-order valence-electron chi connectivity index (χ1n) is 6.02. The Morgan fingerprint density at radius 1 is 1.31 bits per heavy atom. The maximum atomic E-state index is 4.79. The van der Waals surface area contributed by atoms with Crippen molar-refractivity contribution in [2.45, 2.75) is 51.7 Å². The maximum Gasteiger partial charge on any atom is 0.154 e. The van der Waals surface area contributed by atoms with Crippen molar-refractivity contribution in [3.05, 3.63) is 12.9 Å². The van der Waals surface area contributed by atoms with Gasteiger partial charge in [0, 0.05) is 6.42 Å². The van der Waals surface area contributed by atoms with Gasteiger partial charge in [0.05, 0.1) is 7.11 Å². The third kappa shape index (κ3) is 3.01. The SMILES string of the molecule is [CH2]OCn1nnnc1CCC1CCCCC1. The monoisotopic (exact) mass is 223 g/mol. The van der Waals surface area contributed by atoms with Gasteiger partial charge < -0.3 is 4.74 Å². The molecule has 0 amide bonds. The largest absolute Gasteiger partial charge is 0.357 e. The van der Waals surface area contributed by atoms with Crippen molar-refractivity contribution in [2.75, 3.05) is 0 Å². The third-order valence-corrected chi connectivity index (χ3v) is 3.32. The van der Waals surface area contributed by atoms with Gasteiger partial charge in [0.15, 0.2) is 5.82 Å². The molecule has 1 aliphatic carbocycles. The first-order valence-corrected chi connectivity index (χ1v) is 6.02. The predicted molar refractivity (Wildman–Crippen MR) is 59.2 cm³/mol. The van der Waals surface area contributed by atoms with Crippen LogP contribution in [0.15, 0.2) is 0 Å². The van der Waals surface area contributed by atoms with Gasteiger partial charge in [0.2, 0.25) is 0 Å². The summed E-state index contributed by atoms with van der Waals surface area (Å²) >= 11 is 0. The quantitative estimate of drug-likeness (QED) is 0.765. The molecule has 1 saturated carbocycles. The van der Waals surface area contributed by atoms with Gasteiger partial charge in [-0.05, 0) is 22.8 Å². The van der Waals surface area contributed by atoms with E-state index in [2.05, 4.69) is 22.6 Å². The zero-order valence-electron chi connectivity index (χ0n) is 9.64. The van der Waals surface area contributed by atoms with Crippen LogP contribution < -0.4 is 0 Å². The van der Waals surface area contributed by atoms with Crippen molar-refractivity contribution in [1.82, 2.24) is 20.2 Å². The fourth-order valence-electron chi connectivity index (χ4n) is 2.40. The van der Waals surface area contributed by atoms with Gasteiger partial charge in [0.25, 0.3) is 0 Å². The summed E-state index contributed by atoms with van der Waals surface area (Å²) in [6.07, 6.45) is 9.05. The molecule has 89 valence electrons. The number of ether oxygens (including phenoxy) is 1. The number of rotatable bonds is 5. The molecular formula is C11H19N4O. The van der Waals surface area contributed by atoms with E-state index in [1.54, 1.807) is 4.68 Å². The molecule has 1 heterocycles. The van der Waals surface area contributed by atoms with Crippen LogP contribution in [-0.4, -0.2) is 20.2 Å². The first-order chi connectivity index (χ1) is 7.90. The fraction of sp³-hybridized carbons (Fsp3) is 0.818. The lowest BCUT2D eigenvalue weighted by Crippen LogP contribution is -2.11. The summed E-state index contributed by atoms with van der Waals surface area (Å²) in [5.74, 6) is 1.77. The van der Waals surface area contributed by atoms with Crippen molar-refractivity contribution >= 4 is 0 Å². The lowest BCUT2D eigenvalue weighted by molar-refractivity contribution is 0.150. The van der Waals surface area contributed by atoms with E-state index >= 15 is 0 Å². The first kappa shape index (κ1) is 11.5. The molecule has 1 aromatic rings. The second-order valence-electron chi connectivity index (χ2n) is 4.47. The molecule has 5 heteroatoms. The average molecular weight is 223 g/mol. The minimum absolute atomic E-state index is 0.340. The fourth-order valence-corrected chi connectivity index (χ4v) is 2.40. The summed E-state index contributed by atoms with van der Waals surface area (Å²) in [5, 5.41) is 11.5. The number of tetrazole rings is 1. The summed E-state index contributed by atoms with van der Waals surface area (Å²) in [7, 11) is 3.34. The summed E-state index contributed by atoms with van der Waals surface area (Å²) in [5.41, 5.74) is 0. The standard InChI is InChI=1S/C11H19N4O/c1-16-9-15-11(12-13-14-15)8-7-10-5-3-2-4-6-10/h10H,1-9H2. The molecule has 0 atom stereocenters. The van der Waals surface area contributed by atoms with Crippen LogP contribution in [0.2, 0.25) is 0 Å². The molecule has 0 unspecified atom stereocenters. The Labute approximate surface area is 96.2 Å². The van der Waals surface area contributed by atoms with Crippen LogP contribution in [0.4, 0.5) is 0 Å². The molecular weight excluding hydrogens is 204 g/mol. The molecule has 0 aliphatic heterocycles. The molecule has 0 N–H and O–H groups in total. The number of hydrogen-bond donors (Lipinski definition) is 0. The number of aromatic nitrogens is 4. The zero-order chi connectivity index (χ0) is 11.2. The molecule has 1 aromatic heterocycles. The van der Waals surface area contributed by atoms with Gasteiger partial charge in [0.1, 0.15) is 6.73 Å². The molecule has 5 nitrogen and oxygen atoms in total. The molecule has 0 spiro atoms. The van der Waals surface area contributed by atoms with Crippen LogP contribution in [0.1, 0.15) is 44.3 Å². The molecule has 0 saturated heterocycles. The van der Waals surface area contributed by atoms with Crippen LogP contribution in [0.25, 0.3) is 0 Å². The van der Waals surface area contributed by atoms with Crippen LogP contribution in [-0.2, 0) is 17.9 Å². The minimum Gasteiger partial charge on any atom is -0.357 e. The lowest BCUT2D eigenvalue weighted by Gasteiger charge is -2.20. The second-order valence-corrected chi connectivity index (χ2v) is 4.47. The van der Waals surface area contributed by atoms with E-state index in [4.69, 9.17) is 4.74 Å². The van der Waals surface area contributed by atoms with E-state index < -0.39 is 0 Å². The minimum atomic E-state index is 0.340. The Kier molecular flexibility index (Phi) is 4.27. The second kappa shape index (κ2) is 5.94. The highest BCUT2D eigenvalue weighted by Gasteiger charge is 2.15. The predicted octanol–water partition coefficient (Wildman–Crippen LogP) is 1.95. The van der Waals surface area contributed by atoms with E-state index in [0.29, 0.717) is 6.73 Å². The Bertz CT molecular complexity index is 307. The molecule has 16 heavy (non-hydrogen) atoms. The van der Waals surface area contributed by atoms with E-state index in [0.717, 1.165) is 18.2 Å². The molecule has 0 aromatic carbocycles. The van der Waals surface area contributed by atoms with Gasteiger partial charge >= 0.3 is 0 Å². The van der Waals surface area contributed by atoms with Crippen molar-refractivity contribution < 1.29 is 4.74 Å². The topological polar surface area (TPSA) is 52.8 Å². The van der Waals surface area contributed by atoms with Crippen molar-refractivity contribution in [3.8, 4) is 0 Å². The number of hydrogen-bond acceptors (Lipinski definition) is 4. The Hall–Kier alpha value is -0.970. The summed E-state index contributed by atoms with van der Waals surface area (Å²) in [4.78, 5) is 0. The van der Waals surface area contributed by atoms with Crippen LogP contribution in [0.3, 0.4) is 0 Å². The third-order valence-electron chi connectivity index (χ3n) is 3.32. The summed E-state index contributed by atoms with van der Waals surface area (Å²) in [6.45, 7) is 0.340. The van der Waals surface area contributed by atoms with Gasteiger partial charge in [-0.15, -0.1) is 5.10 Å². The average Bonchev–Trinajstić information content (AvgIpc) is 2.76. The van der Waals surface area contributed by atoms with Crippen molar-refractivity contribution in [3.63, 3.8) is 0 Å². The highest BCUT2D eigenvalue weighted by atomic mass is 16.5. The summed E-state index contributed by atoms with van der Waals surface area (Å²) in [6, 6.07) is 0. The number of nitrogens with zero attached hydrogens (tertiary/aromatic N) is 4. The lowest BCUT2D eigenvalue weighted by atomic mass is 9.86. The summed E-state index contributed by atoms with van der Waals surface area (Å²) < 4.78 is 6.47. The normalized spacial score (nSPS) is 17.8. The van der Waals surface area contributed by atoms with E-state index in [-0.39, 0.29) is 0 Å². The van der Waals surface area contributed by atoms with Gasteiger partial charge in [-0.3, -0.25) is 0 Å². The zero-order valence-corrected chi connectivity index (χ0v) is 9.64. The smallest absolute Gasteiger partial charge is 0.154 e. The molecule has 0 bridgehead atoms. The Morgan fingerprint density at radius 3 is 2.88 bits per heavy atom. The van der Waals surface area contributed by atoms with E-state index in [9.17, 15) is 0 Å². The molecule has 2 rings (SSSR count). The number of aryl methyl sites for hydroxylation is 1. The molecule has 1 radical (unpaired) electrons. The van der Waals surface area contributed by atoms with Crippen molar-refractivity contribution in [1.29, 1.82) is 0 Å². The Morgan fingerprint density at radius 2 is 2.12 bits per heavy atom. The van der Waals surface area contributed by atoms with Crippen LogP contribution >= 0.6 is 0 Å². The van der Waals surface area contributed by atoms with Crippen LogP contribution in [0, 0.1) is 13.0 Å². The Balaban J connectivity index is 1.81. The molecule has 1 aliphatic rings. The maximum absolute atomic E-state index is 4.79. The van der Waals surface area contributed by atoms with Gasteiger partial charge in [-0.25, -0.2) is 4.68 Å². The van der Waals surface area contributed by atoms with Gasteiger partial charge in [-0.2, -0.15) is 0 Å². The van der Waals surface area contributed by atoms with Crippen molar-refractivity contribution in [2.24, 2.45) is 5.92 Å². The van der Waals surface area contributed by atoms with Crippen LogP contribution in [0.5, 0.6) is 0 Å². The van der Waals surface area contributed by atoms with Gasteiger partial charge in [-0.1, -0.05) is 32.1 Å². The highest BCUT2D eigenvalue weighted by molar-refractivity contribution is 4.82. The molecule has 1 fully saturated rings. The van der Waals surface area contributed by atoms with E-state index in [1.807, 2.05) is 0 Å². The van der Waals surface area contributed by atoms with E-state index in [1.165, 1.54) is 38.5 Å². The highest BCUT2D eigenvalue weighted by Crippen LogP contribution is 2.27.